The van der Waals surface area contributed by atoms with Gasteiger partial charge in [-0.15, -0.1) is 11.3 Å². The first kappa shape index (κ1) is 16.7. The number of aryl methyl sites for hydroxylation is 1. The minimum atomic E-state index is -3.48. The largest absolute Gasteiger partial charge is 0.283 e. The Bertz CT molecular complexity index is 649. The highest BCUT2D eigenvalue weighted by Crippen LogP contribution is 2.32. The molecular weight excluding hydrogens is 330 g/mol. The van der Waals surface area contributed by atoms with Crippen molar-refractivity contribution in [3.05, 3.63) is 16.0 Å². The molecule has 0 aliphatic carbocycles. The van der Waals surface area contributed by atoms with E-state index in [1.807, 2.05) is 18.7 Å². The molecule has 8 heteroatoms. The van der Waals surface area contributed by atoms with Crippen molar-refractivity contribution in [3.8, 4) is 6.07 Å². The molecule has 0 atom stereocenters. The highest BCUT2D eigenvalue weighted by Gasteiger charge is 2.35. The van der Waals surface area contributed by atoms with Crippen molar-refractivity contribution >= 4 is 33.0 Å². The highest BCUT2D eigenvalue weighted by atomic mass is 35.5. The zero-order valence-corrected chi connectivity index (χ0v) is 14.6. The number of thiophene rings is 1. The standard InChI is InChI=1S/C13H18ClN3O2S2/c1-10-8-11(20-12(10)14)21(18,19)17-6-4-16(5-7-17)13(2,3)9-15/h8H,4-7H2,1-3H3. The van der Waals surface area contributed by atoms with Gasteiger partial charge in [-0.2, -0.15) is 9.57 Å². The lowest BCUT2D eigenvalue weighted by Crippen LogP contribution is -2.55. The van der Waals surface area contributed by atoms with Crippen molar-refractivity contribution < 1.29 is 8.42 Å². The molecule has 0 unspecified atom stereocenters. The minimum Gasteiger partial charge on any atom is -0.283 e. The van der Waals surface area contributed by atoms with E-state index < -0.39 is 15.6 Å². The molecule has 1 aliphatic heterocycles. The third kappa shape index (κ3) is 3.25. The zero-order chi connectivity index (χ0) is 15.8. The second kappa shape index (κ2) is 5.86. The van der Waals surface area contributed by atoms with Crippen LogP contribution in [0.3, 0.4) is 0 Å². The third-order valence-electron chi connectivity index (χ3n) is 3.73. The number of sulfonamides is 1. The second-order valence-corrected chi connectivity index (χ2v) is 9.40. The van der Waals surface area contributed by atoms with Gasteiger partial charge in [-0.05, 0) is 32.4 Å². The predicted octanol–water partition coefficient (Wildman–Crippen LogP) is 2.32. The molecule has 1 aromatic rings. The van der Waals surface area contributed by atoms with Crippen LogP contribution in [0.4, 0.5) is 0 Å². The van der Waals surface area contributed by atoms with Crippen molar-refractivity contribution in [1.82, 2.24) is 9.21 Å². The number of nitriles is 1. The van der Waals surface area contributed by atoms with Crippen LogP contribution in [-0.2, 0) is 10.0 Å². The van der Waals surface area contributed by atoms with E-state index in [9.17, 15) is 8.42 Å². The molecule has 0 N–H and O–H groups in total. The van der Waals surface area contributed by atoms with Crippen LogP contribution in [0, 0.1) is 18.3 Å². The van der Waals surface area contributed by atoms with Crippen LogP contribution >= 0.6 is 22.9 Å². The zero-order valence-electron chi connectivity index (χ0n) is 12.3. The number of nitrogens with zero attached hydrogens (tertiary/aromatic N) is 3. The van der Waals surface area contributed by atoms with E-state index in [0.29, 0.717) is 30.5 Å². The topological polar surface area (TPSA) is 64.4 Å². The first-order valence-electron chi connectivity index (χ1n) is 6.61. The van der Waals surface area contributed by atoms with E-state index in [4.69, 9.17) is 16.9 Å². The molecule has 2 heterocycles. The Morgan fingerprint density at radius 1 is 1.33 bits per heavy atom. The monoisotopic (exact) mass is 347 g/mol. The van der Waals surface area contributed by atoms with Crippen LogP contribution in [0.2, 0.25) is 4.34 Å². The van der Waals surface area contributed by atoms with Gasteiger partial charge in [-0.1, -0.05) is 11.6 Å². The second-order valence-electron chi connectivity index (χ2n) is 5.58. The van der Waals surface area contributed by atoms with E-state index in [2.05, 4.69) is 6.07 Å². The third-order valence-corrected chi connectivity index (χ3v) is 7.63. The summed E-state index contributed by atoms with van der Waals surface area (Å²) in [6.07, 6.45) is 0. The Balaban J connectivity index is 2.13. The molecule has 21 heavy (non-hydrogen) atoms. The molecule has 1 aliphatic rings. The molecule has 5 nitrogen and oxygen atoms in total. The summed E-state index contributed by atoms with van der Waals surface area (Å²) in [6, 6.07) is 3.87. The average molecular weight is 348 g/mol. The Kier molecular flexibility index (Phi) is 4.66. The van der Waals surface area contributed by atoms with Crippen molar-refractivity contribution in [2.24, 2.45) is 0 Å². The Morgan fingerprint density at radius 3 is 2.33 bits per heavy atom. The molecule has 2 rings (SSSR count). The Labute approximate surface area is 134 Å². The summed E-state index contributed by atoms with van der Waals surface area (Å²) in [5.74, 6) is 0. The first-order valence-corrected chi connectivity index (χ1v) is 9.24. The quantitative estimate of drug-likeness (QED) is 0.841. The van der Waals surface area contributed by atoms with Crippen molar-refractivity contribution in [2.75, 3.05) is 26.2 Å². The lowest BCUT2D eigenvalue weighted by Gasteiger charge is -2.39. The molecule has 0 saturated carbocycles. The van der Waals surface area contributed by atoms with E-state index in [1.165, 1.54) is 4.31 Å². The van der Waals surface area contributed by atoms with Gasteiger partial charge < -0.3 is 0 Å². The molecule has 116 valence electrons. The van der Waals surface area contributed by atoms with Gasteiger partial charge in [-0.3, -0.25) is 4.90 Å². The smallest absolute Gasteiger partial charge is 0.252 e. The van der Waals surface area contributed by atoms with E-state index in [-0.39, 0.29) is 4.21 Å². The van der Waals surface area contributed by atoms with Gasteiger partial charge >= 0.3 is 0 Å². The lowest BCUT2D eigenvalue weighted by atomic mass is 10.0. The highest BCUT2D eigenvalue weighted by molar-refractivity contribution is 7.91. The maximum absolute atomic E-state index is 12.6. The summed E-state index contributed by atoms with van der Waals surface area (Å²) < 4.78 is 27.4. The number of rotatable bonds is 3. The maximum atomic E-state index is 12.6. The molecule has 0 aromatic carbocycles. The minimum absolute atomic E-state index is 0.290. The molecule has 1 aromatic heterocycles. The van der Waals surface area contributed by atoms with Crippen molar-refractivity contribution in [1.29, 1.82) is 5.26 Å². The van der Waals surface area contributed by atoms with Crippen LogP contribution < -0.4 is 0 Å². The summed E-state index contributed by atoms with van der Waals surface area (Å²) in [6.45, 7) is 7.38. The predicted molar refractivity (Wildman–Crippen MR) is 84.1 cm³/mol. The maximum Gasteiger partial charge on any atom is 0.252 e. The summed E-state index contributed by atoms with van der Waals surface area (Å²) >= 11 is 7.06. The molecular formula is C13H18ClN3O2S2. The van der Waals surface area contributed by atoms with E-state index in [1.54, 1.807) is 13.0 Å². The fraction of sp³-hybridized carbons (Fsp3) is 0.615. The number of piperazine rings is 1. The Hall–Kier alpha value is -0.650. The van der Waals surface area contributed by atoms with Gasteiger partial charge in [0.15, 0.2) is 0 Å². The molecule has 0 spiro atoms. The van der Waals surface area contributed by atoms with Crippen molar-refractivity contribution in [3.63, 3.8) is 0 Å². The van der Waals surface area contributed by atoms with Gasteiger partial charge in [0.2, 0.25) is 0 Å². The summed E-state index contributed by atoms with van der Waals surface area (Å²) in [5.41, 5.74) is 0.211. The van der Waals surface area contributed by atoms with Crippen molar-refractivity contribution in [2.45, 2.75) is 30.5 Å². The molecule has 0 amide bonds. The summed E-state index contributed by atoms with van der Waals surface area (Å²) in [7, 11) is -3.48. The van der Waals surface area contributed by atoms with Crippen LogP contribution in [0.5, 0.6) is 0 Å². The van der Waals surface area contributed by atoms with E-state index in [0.717, 1.165) is 16.9 Å². The first-order chi connectivity index (χ1) is 9.68. The van der Waals surface area contributed by atoms with Crippen LogP contribution in [0.1, 0.15) is 19.4 Å². The van der Waals surface area contributed by atoms with Gasteiger partial charge in [0.1, 0.15) is 9.75 Å². The molecule has 1 fully saturated rings. The van der Waals surface area contributed by atoms with E-state index >= 15 is 0 Å². The SMILES string of the molecule is Cc1cc(S(=O)(=O)N2CCN(C(C)(C)C#N)CC2)sc1Cl. The summed E-state index contributed by atoms with van der Waals surface area (Å²) in [4.78, 5) is 2.01. The van der Waals surface area contributed by atoms with Crippen LogP contribution in [-0.4, -0.2) is 49.3 Å². The lowest BCUT2D eigenvalue weighted by molar-refractivity contribution is 0.115. The Morgan fingerprint density at radius 2 is 1.90 bits per heavy atom. The van der Waals surface area contributed by atoms with Crippen LogP contribution in [0.15, 0.2) is 10.3 Å². The van der Waals surface area contributed by atoms with Crippen LogP contribution in [0.25, 0.3) is 0 Å². The molecule has 0 radical (unpaired) electrons. The fourth-order valence-electron chi connectivity index (χ4n) is 2.24. The normalized spacial score (nSPS) is 18.6. The fourth-order valence-corrected chi connectivity index (χ4v) is 5.53. The number of hydrogen-bond donors (Lipinski definition) is 0. The van der Waals surface area contributed by atoms with Gasteiger partial charge in [-0.25, -0.2) is 8.42 Å². The van der Waals surface area contributed by atoms with Gasteiger partial charge in [0.25, 0.3) is 10.0 Å². The van der Waals surface area contributed by atoms with Gasteiger partial charge in [0.05, 0.1) is 10.4 Å². The number of hydrogen-bond acceptors (Lipinski definition) is 5. The average Bonchev–Trinajstić information content (AvgIpc) is 2.79. The molecule has 0 bridgehead atoms. The summed E-state index contributed by atoms with van der Waals surface area (Å²) in [5, 5.41) is 9.15. The van der Waals surface area contributed by atoms with Gasteiger partial charge in [0, 0.05) is 26.2 Å². The number of halogens is 1. The molecule has 1 saturated heterocycles.